The van der Waals surface area contributed by atoms with Crippen molar-refractivity contribution in [2.24, 2.45) is 5.92 Å². The minimum Gasteiger partial charge on any atom is -0.495 e. The van der Waals surface area contributed by atoms with E-state index in [4.69, 9.17) is 24.1 Å². The smallest absolute Gasteiger partial charge is 0.339 e. The van der Waals surface area contributed by atoms with Gasteiger partial charge in [-0.1, -0.05) is 18.2 Å². The zero-order valence-corrected chi connectivity index (χ0v) is 21.3. The summed E-state index contributed by atoms with van der Waals surface area (Å²) in [5, 5.41) is 9.08. The molecule has 4 unspecified atom stereocenters. The number of benzene rings is 1. The van der Waals surface area contributed by atoms with Gasteiger partial charge < -0.3 is 24.1 Å². The van der Waals surface area contributed by atoms with Crippen molar-refractivity contribution >= 4 is 11.9 Å². The number of allylic oxidation sites excluding steroid dienone is 2. The maximum atomic E-state index is 11.7. The van der Waals surface area contributed by atoms with Crippen molar-refractivity contribution in [1.82, 2.24) is 0 Å². The van der Waals surface area contributed by atoms with Gasteiger partial charge in [-0.2, -0.15) is 0 Å². The minimum atomic E-state index is -0.977. The molecule has 3 aliphatic heterocycles. The topological polar surface area (TPSA) is 94.6 Å². The Morgan fingerprint density at radius 3 is 2.63 bits per heavy atom. The number of carboxylic acids is 1. The summed E-state index contributed by atoms with van der Waals surface area (Å²) >= 11 is 0. The van der Waals surface area contributed by atoms with Crippen molar-refractivity contribution in [1.29, 1.82) is 0 Å². The normalized spacial score (nSPS) is 30.7. The zero-order chi connectivity index (χ0) is 25.5. The number of ether oxygens (including phenoxy) is 4. The first kappa shape index (κ1) is 25.3. The Morgan fingerprint density at radius 1 is 1.20 bits per heavy atom. The van der Waals surface area contributed by atoms with E-state index in [1.54, 1.807) is 6.07 Å². The van der Waals surface area contributed by atoms with Gasteiger partial charge in [0.1, 0.15) is 34.9 Å². The largest absolute Gasteiger partial charge is 0.495 e. The predicted molar refractivity (Wildman–Crippen MR) is 131 cm³/mol. The Labute approximate surface area is 207 Å². The van der Waals surface area contributed by atoms with E-state index < -0.39 is 5.97 Å². The first-order valence-electron chi connectivity index (χ1n) is 12.3. The second-order valence-electron chi connectivity index (χ2n) is 10.8. The molecule has 0 bridgehead atoms. The molecule has 4 atom stereocenters. The lowest BCUT2D eigenvalue weighted by atomic mass is 9.84. The van der Waals surface area contributed by atoms with Crippen LogP contribution in [0.2, 0.25) is 0 Å². The van der Waals surface area contributed by atoms with E-state index in [0.29, 0.717) is 11.3 Å². The average molecular weight is 485 g/mol. The Kier molecular flexibility index (Phi) is 6.75. The molecule has 0 aromatic heterocycles. The molecule has 0 radical (unpaired) electrons. The number of methoxy groups -OCH3 is 1. The third-order valence-electron chi connectivity index (χ3n) is 7.59. The molecule has 7 nitrogen and oxygen atoms in total. The maximum absolute atomic E-state index is 11.7. The lowest BCUT2D eigenvalue weighted by molar-refractivity contribution is -0.140. The number of esters is 1. The van der Waals surface area contributed by atoms with Gasteiger partial charge >= 0.3 is 11.9 Å². The number of fused-ring (bicyclic) bond motifs is 4. The fraction of sp³-hybridized carbons (Fsp3) is 0.571. The Bertz CT molecular complexity index is 1070. The molecular formula is C28H36O7. The van der Waals surface area contributed by atoms with Crippen molar-refractivity contribution in [2.45, 2.75) is 89.6 Å². The number of hydrogen-bond acceptors (Lipinski definition) is 6. The molecule has 0 spiro atoms. The summed E-state index contributed by atoms with van der Waals surface area (Å²) < 4.78 is 22.4. The predicted octanol–water partition coefficient (Wildman–Crippen LogP) is 5.26. The molecule has 1 aliphatic carbocycles. The van der Waals surface area contributed by atoms with Crippen LogP contribution in [-0.2, 0) is 20.7 Å². The van der Waals surface area contributed by atoms with Gasteiger partial charge in [-0.25, -0.2) is 9.59 Å². The van der Waals surface area contributed by atoms with E-state index in [2.05, 4.69) is 26.5 Å². The summed E-state index contributed by atoms with van der Waals surface area (Å²) in [4.78, 5) is 22.8. The van der Waals surface area contributed by atoms with Gasteiger partial charge in [0.15, 0.2) is 0 Å². The molecule has 190 valence electrons. The highest BCUT2D eigenvalue weighted by Crippen LogP contribution is 2.49. The van der Waals surface area contributed by atoms with Gasteiger partial charge in [0.25, 0.3) is 0 Å². The lowest BCUT2D eigenvalue weighted by Crippen LogP contribution is -2.32. The van der Waals surface area contributed by atoms with E-state index in [-0.39, 0.29) is 40.9 Å². The van der Waals surface area contributed by atoms with Gasteiger partial charge in [0.05, 0.1) is 12.7 Å². The van der Waals surface area contributed by atoms with Crippen LogP contribution in [0.3, 0.4) is 0 Å². The second-order valence-corrected chi connectivity index (χ2v) is 10.8. The molecule has 35 heavy (non-hydrogen) atoms. The highest BCUT2D eigenvalue weighted by Gasteiger charge is 2.61. The molecule has 7 heteroatoms. The van der Waals surface area contributed by atoms with Gasteiger partial charge in [-0.05, 0) is 78.4 Å². The highest BCUT2D eigenvalue weighted by atomic mass is 16.6. The number of aromatic carboxylic acids is 1. The van der Waals surface area contributed by atoms with Crippen LogP contribution < -0.4 is 9.47 Å². The van der Waals surface area contributed by atoms with Crippen LogP contribution >= 0.6 is 0 Å². The van der Waals surface area contributed by atoms with Crippen molar-refractivity contribution in [2.75, 3.05) is 7.11 Å². The third-order valence-corrected chi connectivity index (χ3v) is 7.59. The van der Waals surface area contributed by atoms with Crippen LogP contribution in [0.1, 0.15) is 75.7 Å². The monoisotopic (exact) mass is 484 g/mol. The first-order valence-corrected chi connectivity index (χ1v) is 12.3. The number of carbonyl (C=O) groups is 2. The molecule has 1 aromatic carbocycles. The van der Waals surface area contributed by atoms with Crippen molar-refractivity contribution in [3.8, 4) is 11.5 Å². The molecule has 0 saturated carbocycles. The number of rotatable bonds is 2. The van der Waals surface area contributed by atoms with Gasteiger partial charge in [0.2, 0.25) is 0 Å². The molecule has 5 rings (SSSR count). The molecule has 4 aliphatic rings. The molecular weight excluding hydrogens is 448 g/mol. The molecule has 2 fully saturated rings. The van der Waals surface area contributed by atoms with E-state index in [0.717, 1.165) is 49.8 Å². The van der Waals surface area contributed by atoms with E-state index in [9.17, 15) is 9.59 Å². The molecule has 1 N–H and O–H groups in total. The number of carbonyl (C=O) groups excluding carboxylic acids is 1. The molecule has 2 saturated heterocycles. The maximum Gasteiger partial charge on any atom is 0.339 e. The summed E-state index contributed by atoms with van der Waals surface area (Å²) in [7, 11) is 1.49. The van der Waals surface area contributed by atoms with Gasteiger partial charge in [-0.3, -0.25) is 0 Å². The Balaban J connectivity index is 0.000000165. The summed E-state index contributed by atoms with van der Waals surface area (Å²) in [6.45, 7) is 12.2. The Hall–Kier alpha value is -2.80. The van der Waals surface area contributed by atoms with Crippen LogP contribution in [0, 0.1) is 5.92 Å². The fourth-order valence-electron chi connectivity index (χ4n) is 5.32. The number of hydrogen-bond donors (Lipinski definition) is 1. The van der Waals surface area contributed by atoms with Crippen LogP contribution in [0.25, 0.3) is 0 Å². The van der Waals surface area contributed by atoms with Crippen LogP contribution in [0.5, 0.6) is 11.5 Å². The fourth-order valence-corrected chi connectivity index (χ4v) is 5.32. The summed E-state index contributed by atoms with van der Waals surface area (Å²) in [6.07, 6.45) is 7.87. The van der Waals surface area contributed by atoms with Gasteiger partial charge in [-0.15, -0.1) is 0 Å². The van der Waals surface area contributed by atoms with Crippen molar-refractivity contribution in [3.05, 3.63) is 47.1 Å². The summed E-state index contributed by atoms with van der Waals surface area (Å²) in [5.74, 6) is 0.0672. The van der Waals surface area contributed by atoms with Crippen molar-refractivity contribution < 1.29 is 33.6 Å². The quantitative estimate of drug-likeness (QED) is 0.265. The minimum absolute atomic E-state index is 0.0671. The van der Waals surface area contributed by atoms with E-state index >= 15 is 0 Å². The third kappa shape index (κ3) is 5.10. The van der Waals surface area contributed by atoms with Crippen LogP contribution in [0.15, 0.2) is 35.9 Å². The molecule has 1 aromatic rings. The van der Waals surface area contributed by atoms with Crippen LogP contribution in [-0.4, -0.2) is 47.6 Å². The Morgan fingerprint density at radius 2 is 1.94 bits per heavy atom. The average Bonchev–Trinajstić information content (AvgIpc) is 3.38. The lowest BCUT2D eigenvalue weighted by Gasteiger charge is -2.33. The summed E-state index contributed by atoms with van der Waals surface area (Å²) in [6, 6.07) is 3.24. The van der Waals surface area contributed by atoms with E-state index in [1.165, 1.54) is 18.7 Å². The van der Waals surface area contributed by atoms with Crippen molar-refractivity contribution in [3.63, 3.8) is 0 Å². The number of carboxylic acid groups (broad SMARTS) is 1. The SMILES string of the molecule is C=C1C(=O)OC2C1CCC(C)=CCCC1(C)OC21.COc1c(C(=O)O)ccc2c1CCC(C)(C)O2. The molecule has 3 heterocycles. The second kappa shape index (κ2) is 9.34. The summed E-state index contributed by atoms with van der Waals surface area (Å²) in [5.41, 5.74) is 2.75. The first-order chi connectivity index (χ1) is 16.5. The van der Waals surface area contributed by atoms with Gasteiger partial charge in [0, 0.05) is 17.1 Å². The van der Waals surface area contributed by atoms with E-state index in [1.807, 2.05) is 13.8 Å². The molecule has 0 amide bonds. The standard InChI is InChI=1S/C15H20O3.C13H16O4/c1-9-5-4-8-15(3)13(18-15)12-11(7-6-9)10(2)14(16)17-12;1-13(2)7-6-8-10(17-13)5-4-9(12(14)15)11(8)16-3/h5,11-13H,2,4,6-8H2,1,3H3;4-5H,6-7H2,1-3H3,(H,14,15). The zero-order valence-electron chi connectivity index (χ0n) is 21.3. The van der Waals surface area contributed by atoms with Crippen LogP contribution in [0.4, 0.5) is 0 Å². The highest BCUT2D eigenvalue weighted by molar-refractivity contribution is 5.92. The number of epoxide rings is 1.